The van der Waals surface area contributed by atoms with Crippen LogP contribution in [0, 0.1) is 0 Å². The number of carboxylic acids is 1. The summed E-state index contributed by atoms with van der Waals surface area (Å²) in [6, 6.07) is -0.765. The molecule has 2 aliphatic rings. The molecule has 0 aromatic rings. The summed E-state index contributed by atoms with van der Waals surface area (Å²) in [4.78, 5) is 23.4. The Kier molecular flexibility index (Phi) is 2.92. The number of carbonyl (C=O) groups excluding carboxylic acids is 1. The number of β-lactam (4-membered cyclic amide) rings is 1. The molecule has 1 saturated heterocycles. The number of aliphatic carboxylic acids is 1. The van der Waals surface area contributed by atoms with Crippen LogP contribution in [0.15, 0.2) is 23.9 Å². The first-order chi connectivity index (χ1) is 7.91. The summed E-state index contributed by atoms with van der Waals surface area (Å²) < 4.78 is 24.3. The van der Waals surface area contributed by atoms with Gasteiger partial charge >= 0.3 is 5.97 Å². The molecule has 17 heavy (non-hydrogen) atoms. The number of rotatable bonds is 2. The summed E-state index contributed by atoms with van der Waals surface area (Å²) in [5.41, 5.74) is 5.38. The molecule has 0 aromatic carbocycles. The lowest BCUT2D eigenvalue weighted by molar-refractivity contribution is -0.141. The lowest BCUT2D eigenvalue weighted by Gasteiger charge is -2.46. The van der Waals surface area contributed by atoms with Crippen molar-refractivity contribution in [2.24, 2.45) is 5.73 Å². The molecule has 0 bridgehead atoms. The molecule has 0 spiro atoms. The number of hydrogen-bond acceptors (Lipinski definition) is 4. The monoisotopic (exact) mass is 262 g/mol. The van der Waals surface area contributed by atoms with Gasteiger partial charge in [0.05, 0.1) is 0 Å². The smallest absolute Gasteiger partial charge is 0.321 e. The minimum absolute atomic E-state index is 0.112. The molecule has 3 atom stereocenters. The van der Waals surface area contributed by atoms with Gasteiger partial charge in [0.1, 0.15) is 16.7 Å². The van der Waals surface area contributed by atoms with Crippen LogP contribution in [0.3, 0.4) is 0 Å². The fraction of sp³-hybridized carbons (Fsp3) is 0.333. The van der Waals surface area contributed by atoms with Crippen LogP contribution >= 0.6 is 11.8 Å². The summed E-state index contributed by atoms with van der Waals surface area (Å²) in [5, 5.41) is 7.31. The molecule has 8 heteroatoms. The predicted octanol–water partition coefficient (Wildman–Crippen LogP) is 0.346. The summed E-state index contributed by atoms with van der Waals surface area (Å²) >= 11 is 0.886. The number of hydrogen-bond donors (Lipinski definition) is 2. The fourth-order valence-corrected chi connectivity index (χ4v) is 2.95. The van der Waals surface area contributed by atoms with Gasteiger partial charge in [0.15, 0.2) is 0 Å². The van der Waals surface area contributed by atoms with Gasteiger partial charge in [-0.1, -0.05) is 0 Å². The lowest BCUT2D eigenvalue weighted by atomic mass is 10.1. The first-order valence-corrected chi connectivity index (χ1v) is 5.56. The van der Waals surface area contributed by atoms with Gasteiger partial charge in [0, 0.05) is 12.3 Å². The second-order valence-corrected chi connectivity index (χ2v) is 4.81. The summed E-state index contributed by atoms with van der Waals surface area (Å²) in [7, 11) is 0. The Hall–Kier alpha value is -1.41. The molecule has 2 rings (SSSR count). The molecule has 0 radical (unpaired) electrons. The predicted molar refractivity (Wildman–Crippen MR) is 56.0 cm³/mol. The number of carbonyl (C=O) groups is 2. The quantitative estimate of drug-likeness (QED) is 0.701. The minimum Gasteiger partial charge on any atom is -0.480 e. The second kappa shape index (κ2) is 4.11. The molecule has 1 fully saturated rings. The van der Waals surface area contributed by atoms with E-state index in [-0.39, 0.29) is 5.57 Å². The Morgan fingerprint density at radius 1 is 1.59 bits per heavy atom. The zero-order valence-electron chi connectivity index (χ0n) is 8.34. The summed E-state index contributed by atoms with van der Waals surface area (Å²) in [6.07, 6.45) is -0.414. The Bertz CT molecular complexity index is 448. The fourth-order valence-electron chi connectivity index (χ4n) is 1.68. The van der Waals surface area contributed by atoms with E-state index in [0.717, 1.165) is 18.0 Å². The second-order valence-electron chi connectivity index (χ2n) is 3.58. The highest BCUT2D eigenvalue weighted by Crippen LogP contribution is 2.40. The minimum atomic E-state index is -2.00. The van der Waals surface area contributed by atoms with Gasteiger partial charge in [-0.15, -0.1) is 11.8 Å². The Labute approximate surface area is 98.9 Å². The first kappa shape index (κ1) is 12.1. The van der Waals surface area contributed by atoms with E-state index in [9.17, 15) is 18.4 Å². The van der Waals surface area contributed by atoms with E-state index in [4.69, 9.17) is 10.8 Å². The number of amides is 1. The maximum Gasteiger partial charge on any atom is 0.321 e. The molecule has 5 nitrogen and oxygen atoms in total. The van der Waals surface area contributed by atoms with Crippen LogP contribution in [-0.2, 0) is 9.59 Å². The zero-order valence-corrected chi connectivity index (χ0v) is 9.16. The van der Waals surface area contributed by atoms with Crippen molar-refractivity contribution in [3.05, 3.63) is 23.9 Å². The van der Waals surface area contributed by atoms with Crippen LogP contribution in [0.5, 0.6) is 0 Å². The summed E-state index contributed by atoms with van der Waals surface area (Å²) in [5.74, 6) is -1.62. The molecule has 2 aliphatic heterocycles. The maximum atomic E-state index is 12.2. The van der Waals surface area contributed by atoms with Crippen LogP contribution in [0.25, 0.3) is 0 Å². The summed E-state index contributed by atoms with van der Waals surface area (Å²) in [6.45, 7) is 0. The third kappa shape index (κ3) is 1.93. The van der Waals surface area contributed by atoms with E-state index in [1.54, 1.807) is 0 Å². The van der Waals surface area contributed by atoms with Crippen molar-refractivity contribution in [3.63, 3.8) is 0 Å². The van der Waals surface area contributed by atoms with Crippen molar-refractivity contribution in [1.29, 1.82) is 0 Å². The number of carboxylic acid groups (broad SMARTS) is 1. The van der Waals surface area contributed by atoms with E-state index >= 15 is 0 Å². The number of allylic oxidation sites excluding steroid dienone is 1. The molecule has 2 unspecified atom stereocenters. The highest BCUT2D eigenvalue weighted by molar-refractivity contribution is 8.01. The van der Waals surface area contributed by atoms with Crippen molar-refractivity contribution in [1.82, 2.24) is 4.90 Å². The molecule has 0 aliphatic carbocycles. The van der Waals surface area contributed by atoms with E-state index in [1.807, 2.05) is 0 Å². The topological polar surface area (TPSA) is 83.6 Å². The SMILES string of the molecule is NC1C(=O)N2C=C(C=C(F)F)C(C(=O)O)S[C@H]12. The van der Waals surface area contributed by atoms with Crippen molar-refractivity contribution >= 4 is 23.6 Å². The van der Waals surface area contributed by atoms with Gasteiger partial charge in [-0.3, -0.25) is 9.59 Å². The van der Waals surface area contributed by atoms with Crippen LogP contribution in [-0.4, -0.2) is 38.5 Å². The van der Waals surface area contributed by atoms with E-state index < -0.39 is 34.6 Å². The van der Waals surface area contributed by atoms with Crippen molar-refractivity contribution in [3.8, 4) is 0 Å². The molecule has 1 amide bonds. The molecular weight excluding hydrogens is 254 g/mol. The molecule has 2 heterocycles. The van der Waals surface area contributed by atoms with E-state index in [0.29, 0.717) is 6.08 Å². The van der Waals surface area contributed by atoms with Gasteiger partial charge in [-0.05, 0) is 5.57 Å². The molecular formula is C9H8F2N2O3S. The highest BCUT2D eigenvalue weighted by Gasteiger charge is 2.49. The van der Waals surface area contributed by atoms with E-state index in [1.165, 1.54) is 4.90 Å². The van der Waals surface area contributed by atoms with Crippen molar-refractivity contribution in [2.75, 3.05) is 0 Å². The number of fused-ring (bicyclic) bond motifs is 1. The molecule has 0 aromatic heterocycles. The van der Waals surface area contributed by atoms with Gasteiger partial charge in [0.25, 0.3) is 6.08 Å². The average Bonchev–Trinajstić information content (AvgIpc) is 2.26. The molecule has 92 valence electrons. The Morgan fingerprint density at radius 2 is 2.24 bits per heavy atom. The van der Waals surface area contributed by atoms with Crippen LogP contribution in [0.1, 0.15) is 0 Å². The number of thioether (sulfide) groups is 1. The Morgan fingerprint density at radius 3 is 2.76 bits per heavy atom. The Balaban J connectivity index is 2.33. The lowest BCUT2D eigenvalue weighted by Crippen LogP contribution is -2.66. The van der Waals surface area contributed by atoms with Gasteiger partial charge in [-0.25, -0.2) is 0 Å². The average molecular weight is 262 g/mol. The number of nitrogens with zero attached hydrogens (tertiary/aromatic N) is 1. The standard InChI is InChI=1S/C9H8F2N2O3S/c10-4(11)1-3-2-13-7(14)5(12)8(13)17-6(3)9(15)16/h1-2,5-6,8H,12H2,(H,15,16)/t5?,6?,8-/m1/s1. The first-order valence-electron chi connectivity index (χ1n) is 4.62. The van der Waals surface area contributed by atoms with Crippen LogP contribution in [0.2, 0.25) is 0 Å². The largest absolute Gasteiger partial charge is 0.480 e. The zero-order chi connectivity index (χ0) is 12.7. The van der Waals surface area contributed by atoms with Crippen molar-refractivity contribution < 1.29 is 23.5 Å². The van der Waals surface area contributed by atoms with Crippen LogP contribution < -0.4 is 5.73 Å². The van der Waals surface area contributed by atoms with Gasteiger partial charge in [-0.2, -0.15) is 8.78 Å². The normalized spacial score (nSPS) is 31.2. The molecule has 0 saturated carbocycles. The van der Waals surface area contributed by atoms with Gasteiger partial charge in [0.2, 0.25) is 5.91 Å². The van der Waals surface area contributed by atoms with Crippen molar-refractivity contribution in [2.45, 2.75) is 16.7 Å². The molecule has 3 N–H and O–H groups in total. The highest BCUT2D eigenvalue weighted by atomic mass is 32.2. The van der Waals surface area contributed by atoms with Gasteiger partial charge < -0.3 is 15.7 Å². The number of halogens is 2. The number of nitrogens with two attached hydrogens (primary N) is 1. The third-order valence-electron chi connectivity index (χ3n) is 2.49. The maximum absolute atomic E-state index is 12.2. The third-order valence-corrected chi connectivity index (χ3v) is 4.03. The van der Waals surface area contributed by atoms with Crippen LogP contribution in [0.4, 0.5) is 8.78 Å². The van der Waals surface area contributed by atoms with E-state index in [2.05, 4.69) is 0 Å².